The Morgan fingerprint density at radius 3 is 2.29 bits per heavy atom. The number of fused-ring (bicyclic) bond motifs is 3. The maximum absolute atomic E-state index is 14.3. The predicted octanol–water partition coefficient (Wildman–Crippen LogP) is 5.59. The molecule has 5 heterocycles. The van der Waals surface area contributed by atoms with Crippen LogP contribution >= 0.6 is 0 Å². The summed E-state index contributed by atoms with van der Waals surface area (Å²) in [7, 11) is 3.21. The first-order valence-electron chi connectivity index (χ1n) is 23.1. The molecule has 14 heteroatoms. The third-order valence-electron chi connectivity index (χ3n) is 14.6. The summed E-state index contributed by atoms with van der Waals surface area (Å²) in [5.74, 6) is -2.33. The van der Waals surface area contributed by atoms with Crippen LogP contribution in [0.25, 0.3) is 0 Å². The van der Waals surface area contributed by atoms with E-state index in [1.54, 1.807) is 46.3 Å². The summed E-state index contributed by atoms with van der Waals surface area (Å²) in [6.07, 6.45) is 6.64. The molecular formula is C48H76O14. The van der Waals surface area contributed by atoms with Gasteiger partial charge in [0.25, 0.3) is 0 Å². The molecule has 0 saturated carbocycles. The van der Waals surface area contributed by atoms with Crippen LogP contribution in [-0.2, 0) is 47.4 Å². The van der Waals surface area contributed by atoms with E-state index >= 15 is 0 Å². The second kappa shape index (κ2) is 21.1. The summed E-state index contributed by atoms with van der Waals surface area (Å²) < 4.78 is 57.7. The molecule has 0 amide bonds. The topological polar surface area (TPSA) is 181 Å². The van der Waals surface area contributed by atoms with Crippen molar-refractivity contribution < 1.29 is 67.9 Å². The van der Waals surface area contributed by atoms with Gasteiger partial charge in [-0.2, -0.15) is 0 Å². The number of methoxy groups -OCH3 is 2. The molecule has 4 N–H and O–H groups in total. The Hall–Kier alpha value is -2.05. The lowest BCUT2D eigenvalue weighted by Crippen LogP contribution is -2.56. The number of aliphatic hydroxyl groups is 4. The number of rotatable bonds is 9. The molecule has 4 saturated heterocycles. The molecule has 352 valence electrons. The van der Waals surface area contributed by atoms with E-state index in [4.69, 9.17) is 42.6 Å². The molecule has 0 radical (unpaired) electrons. The van der Waals surface area contributed by atoms with E-state index in [9.17, 15) is 25.2 Å². The molecule has 1 spiro atoms. The number of allylic oxidation sites excluding steroid dienone is 2. The molecule has 6 aliphatic rings. The van der Waals surface area contributed by atoms with Gasteiger partial charge in [0.05, 0.1) is 55.4 Å². The molecule has 0 aromatic rings. The average Bonchev–Trinajstić information content (AvgIpc) is 3.23. The van der Waals surface area contributed by atoms with E-state index in [-0.39, 0.29) is 30.1 Å². The minimum Gasteiger partial charge on any atom is -0.462 e. The Morgan fingerprint density at radius 1 is 0.903 bits per heavy atom. The lowest BCUT2D eigenvalue weighted by Gasteiger charge is -2.51. The van der Waals surface area contributed by atoms with E-state index in [1.807, 2.05) is 26.8 Å². The van der Waals surface area contributed by atoms with Gasteiger partial charge in [0, 0.05) is 58.7 Å². The quantitative estimate of drug-likeness (QED) is 0.166. The highest BCUT2D eigenvalue weighted by Gasteiger charge is 2.52. The zero-order valence-electron chi connectivity index (χ0n) is 38.6. The minimum absolute atomic E-state index is 0.0232. The summed E-state index contributed by atoms with van der Waals surface area (Å²) >= 11 is 0. The Balaban J connectivity index is 1.30. The first-order valence-corrected chi connectivity index (χ1v) is 23.1. The van der Waals surface area contributed by atoms with Gasteiger partial charge < -0.3 is 63.1 Å². The number of esters is 1. The van der Waals surface area contributed by atoms with Crippen molar-refractivity contribution in [2.75, 3.05) is 20.8 Å². The number of hydrogen-bond acceptors (Lipinski definition) is 14. The third-order valence-corrected chi connectivity index (χ3v) is 14.6. The zero-order valence-corrected chi connectivity index (χ0v) is 38.6. The summed E-state index contributed by atoms with van der Waals surface area (Å²) in [4.78, 5) is 14.3. The smallest absolute Gasteiger partial charge is 0.316 e. The van der Waals surface area contributed by atoms with Crippen LogP contribution in [0.5, 0.6) is 0 Å². The SMILES string of the molecule is CC[C@H](C)C1O[C@]2(CC[C@@H]1C)C[C@H]1C[C@H](C/C=C(\C)[C@@H](O[C@H]3C[C@H](OC)[C@@H](O[C@H]4C[C@H](OC)[C@@H](O)[C@H](C)O4)[C@H](C)O3)[C@@H](C)C=C/C=C(\CO)[C@]3(O)C[C@H](O)C(C)=CC3C(=O)O1)O2. The van der Waals surface area contributed by atoms with Crippen molar-refractivity contribution in [2.45, 2.75) is 204 Å². The van der Waals surface area contributed by atoms with Crippen molar-refractivity contribution in [1.82, 2.24) is 0 Å². The van der Waals surface area contributed by atoms with Crippen LogP contribution in [0.3, 0.4) is 0 Å². The second-order valence-electron chi connectivity index (χ2n) is 19.2. The molecule has 0 aromatic heterocycles. The van der Waals surface area contributed by atoms with Crippen molar-refractivity contribution in [3.05, 3.63) is 47.1 Å². The molecular weight excluding hydrogens is 801 g/mol. The number of hydrogen-bond donors (Lipinski definition) is 4. The standard InChI is InChI=1S/C48H76O14/c1-11-26(2)44-29(5)17-18-47(62-44)23-35-20-34(61-47)16-15-28(4)43(27(3)13-12-14-33(25-49)48(53)24-37(50)30(6)19-36(48)46(52)58-35)59-41-22-39(55-10)45(32(8)57-41)60-40-21-38(54-9)42(51)31(7)56-40/h12-15,19,26-27,29,31-32,34-45,49-51,53H,11,16-18,20-25H2,1-10H3/b13-12?,28-15+,33-14+/t26-,27-,29-,31-,32-,34-,35+,36?,37-,38-,39-,40-,41-,42-,43-,44?,45-,47+,48+/m0/s1. The summed E-state index contributed by atoms with van der Waals surface area (Å²) in [6, 6.07) is 0. The van der Waals surface area contributed by atoms with Crippen LogP contribution in [0.2, 0.25) is 0 Å². The van der Waals surface area contributed by atoms with Crippen LogP contribution in [0.15, 0.2) is 47.1 Å². The average molecular weight is 877 g/mol. The molecule has 6 rings (SSSR count). The zero-order chi connectivity index (χ0) is 45.1. The number of carbonyl (C=O) groups excluding carboxylic acids is 1. The number of aliphatic hydroxyl groups excluding tert-OH is 3. The molecule has 5 aliphatic heterocycles. The first kappa shape index (κ1) is 49.4. The molecule has 4 fully saturated rings. The third kappa shape index (κ3) is 11.0. The predicted molar refractivity (Wildman–Crippen MR) is 229 cm³/mol. The van der Waals surface area contributed by atoms with Gasteiger partial charge in [-0.3, -0.25) is 4.79 Å². The first-order chi connectivity index (χ1) is 29.4. The van der Waals surface area contributed by atoms with Crippen LogP contribution < -0.4 is 0 Å². The highest BCUT2D eigenvalue weighted by Crippen LogP contribution is 2.46. The fourth-order valence-corrected chi connectivity index (χ4v) is 10.5. The maximum Gasteiger partial charge on any atom is 0.316 e. The Kier molecular flexibility index (Phi) is 16.8. The van der Waals surface area contributed by atoms with Crippen molar-refractivity contribution in [1.29, 1.82) is 0 Å². The number of carbonyl (C=O) groups is 1. The van der Waals surface area contributed by atoms with E-state index in [1.165, 1.54) is 0 Å². The lowest BCUT2D eigenvalue weighted by molar-refractivity contribution is -0.340. The van der Waals surface area contributed by atoms with Crippen LogP contribution in [0.1, 0.15) is 113 Å². The van der Waals surface area contributed by atoms with Gasteiger partial charge >= 0.3 is 5.97 Å². The summed E-state index contributed by atoms with van der Waals surface area (Å²) in [6.45, 7) is 15.5. The maximum atomic E-state index is 14.3. The van der Waals surface area contributed by atoms with Crippen molar-refractivity contribution in [3.63, 3.8) is 0 Å². The summed E-state index contributed by atoms with van der Waals surface area (Å²) in [5, 5.41) is 44.6. The van der Waals surface area contributed by atoms with Gasteiger partial charge in [-0.15, -0.1) is 0 Å². The van der Waals surface area contributed by atoms with Crippen LogP contribution in [0.4, 0.5) is 0 Å². The fraction of sp³-hybridized carbons (Fsp3) is 0.812. The normalized spacial score (nSPS) is 47.0. The van der Waals surface area contributed by atoms with Crippen molar-refractivity contribution in [3.8, 4) is 0 Å². The summed E-state index contributed by atoms with van der Waals surface area (Å²) in [5.41, 5.74) is -0.224. The fourth-order valence-electron chi connectivity index (χ4n) is 10.5. The number of ether oxygens (including phenoxy) is 9. The van der Waals surface area contributed by atoms with Gasteiger partial charge in [0.15, 0.2) is 18.4 Å². The van der Waals surface area contributed by atoms with Crippen LogP contribution in [0, 0.1) is 23.7 Å². The van der Waals surface area contributed by atoms with Crippen molar-refractivity contribution >= 4 is 5.97 Å². The minimum atomic E-state index is -1.91. The molecule has 19 atom stereocenters. The van der Waals surface area contributed by atoms with Gasteiger partial charge in [-0.25, -0.2) is 0 Å². The molecule has 2 unspecified atom stereocenters. The van der Waals surface area contributed by atoms with Crippen molar-refractivity contribution in [2.24, 2.45) is 23.7 Å². The lowest BCUT2D eigenvalue weighted by atomic mass is 9.71. The second-order valence-corrected chi connectivity index (χ2v) is 19.2. The van der Waals surface area contributed by atoms with Gasteiger partial charge in [0.2, 0.25) is 0 Å². The van der Waals surface area contributed by atoms with E-state index in [0.717, 1.165) is 18.4 Å². The molecule has 14 nitrogen and oxygen atoms in total. The van der Waals surface area contributed by atoms with Gasteiger partial charge in [-0.05, 0) is 69.1 Å². The highest BCUT2D eigenvalue weighted by atomic mass is 16.7. The van der Waals surface area contributed by atoms with Gasteiger partial charge in [0.1, 0.15) is 29.8 Å². The van der Waals surface area contributed by atoms with E-state index in [2.05, 4.69) is 26.8 Å². The molecule has 62 heavy (non-hydrogen) atoms. The molecule has 2 bridgehead atoms. The monoisotopic (exact) mass is 877 g/mol. The molecule has 1 aliphatic carbocycles. The van der Waals surface area contributed by atoms with E-state index in [0.29, 0.717) is 55.9 Å². The van der Waals surface area contributed by atoms with Crippen LogP contribution in [-0.4, -0.2) is 138 Å². The molecule has 0 aromatic carbocycles. The Bertz CT molecular complexity index is 1630. The van der Waals surface area contributed by atoms with Gasteiger partial charge in [-0.1, -0.05) is 64.5 Å². The highest BCUT2D eigenvalue weighted by molar-refractivity contribution is 5.78. The van der Waals surface area contributed by atoms with E-state index < -0.39 is 97.4 Å². The Morgan fingerprint density at radius 2 is 1.60 bits per heavy atom. The largest absolute Gasteiger partial charge is 0.462 e. The Labute approximate surface area is 368 Å².